The Morgan fingerprint density at radius 3 is 2.47 bits per heavy atom. The Morgan fingerprint density at radius 1 is 1.47 bits per heavy atom. The average molecular weight is 225 g/mol. The third kappa shape index (κ3) is 3.42. The molecule has 0 unspecified atom stereocenters. The van der Waals surface area contributed by atoms with Gasteiger partial charge >= 0.3 is 0 Å². The van der Waals surface area contributed by atoms with Crippen molar-refractivity contribution in [3.05, 3.63) is 0 Å². The van der Waals surface area contributed by atoms with Crippen LogP contribution in [0.3, 0.4) is 0 Å². The number of nitrogens with zero attached hydrogens (tertiary/aromatic N) is 3. The first kappa shape index (κ1) is 12.4. The van der Waals surface area contributed by atoms with Crippen molar-refractivity contribution in [3.63, 3.8) is 0 Å². The summed E-state index contributed by atoms with van der Waals surface area (Å²) in [6.45, 7) is 6.67. The van der Waals surface area contributed by atoms with Crippen molar-refractivity contribution < 1.29 is 0 Å². The zero-order chi connectivity index (χ0) is 11.3. The number of amidine groups is 1. The fourth-order valence-corrected chi connectivity index (χ4v) is 2.62. The normalized spacial score (nSPS) is 19.4. The second-order valence-electron chi connectivity index (χ2n) is 4.27. The van der Waals surface area contributed by atoms with Gasteiger partial charge in [0.1, 0.15) is 0 Å². The van der Waals surface area contributed by atoms with Gasteiger partial charge in [0.15, 0.2) is 5.17 Å². The van der Waals surface area contributed by atoms with Crippen LogP contribution in [0.5, 0.6) is 0 Å². The number of nitriles is 1. The molecule has 1 rings (SSSR count). The number of piperidine rings is 1. The van der Waals surface area contributed by atoms with Crippen LogP contribution in [0.4, 0.5) is 0 Å². The van der Waals surface area contributed by atoms with Crippen molar-refractivity contribution in [2.45, 2.75) is 26.7 Å². The van der Waals surface area contributed by atoms with E-state index in [0.717, 1.165) is 30.1 Å². The maximum atomic E-state index is 8.56. The third-order valence-corrected chi connectivity index (χ3v) is 3.80. The first-order valence-electron chi connectivity index (χ1n) is 5.44. The first-order chi connectivity index (χ1) is 7.19. The lowest BCUT2D eigenvalue weighted by Crippen LogP contribution is -2.38. The lowest BCUT2D eigenvalue weighted by atomic mass is 9.87. The zero-order valence-electron chi connectivity index (χ0n) is 9.73. The Morgan fingerprint density at radius 2 is 2.07 bits per heavy atom. The SMILES string of the molecule is CSC(=NC#N)N1CCC(C(C)C)CC1. The Labute approximate surface area is 96.6 Å². The van der Waals surface area contributed by atoms with E-state index in [2.05, 4.69) is 23.7 Å². The van der Waals surface area contributed by atoms with E-state index < -0.39 is 0 Å². The molecule has 0 aromatic rings. The molecule has 15 heavy (non-hydrogen) atoms. The molecule has 0 saturated carbocycles. The van der Waals surface area contributed by atoms with E-state index in [9.17, 15) is 0 Å². The molecule has 1 aliphatic rings. The second kappa shape index (κ2) is 6.02. The van der Waals surface area contributed by atoms with Gasteiger partial charge in [-0.1, -0.05) is 25.6 Å². The fraction of sp³-hybridized carbons (Fsp3) is 0.818. The predicted octanol–water partition coefficient (Wildman–Crippen LogP) is 2.55. The van der Waals surface area contributed by atoms with E-state index in [1.165, 1.54) is 12.8 Å². The summed E-state index contributed by atoms with van der Waals surface area (Å²) < 4.78 is 0. The zero-order valence-corrected chi connectivity index (χ0v) is 10.5. The summed E-state index contributed by atoms with van der Waals surface area (Å²) in [7, 11) is 0. The van der Waals surface area contributed by atoms with Gasteiger partial charge in [-0.15, -0.1) is 4.99 Å². The molecule has 0 spiro atoms. The van der Waals surface area contributed by atoms with Crippen molar-refractivity contribution in [3.8, 4) is 6.19 Å². The lowest BCUT2D eigenvalue weighted by Gasteiger charge is -2.34. The fourth-order valence-electron chi connectivity index (χ4n) is 2.05. The van der Waals surface area contributed by atoms with Gasteiger partial charge in [0.2, 0.25) is 6.19 Å². The molecule has 1 heterocycles. The van der Waals surface area contributed by atoms with Crippen LogP contribution in [0.15, 0.2) is 4.99 Å². The summed E-state index contributed by atoms with van der Waals surface area (Å²) in [4.78, 5) is 6.08. The summed E-state index contributed by atoms with van der Waals surface area (Å²) in [5, 5.41) is 9.44. The van der Waals surface area contributed by atoms with Crippen LogP contribution >= 0.6 is 11.8 Å². The molecule has 0 radical (unpaired) electrons. The molecule has 1 fully saturated rings. The minimum atomic E-state index is 0.776. The van der Waals surface area contributed by atoms with Gasteiger partial charge in [0, 0.05) is 13.1 Å². The van der Waals surface area contributed by atoms with Gasteiger partial charge in [0.25, 0.3) is 0 Å². The minimum absolute atomic E-state index is 0.776. The van der Waals surface area contributed by atoms with Gasteiger partial charge in [-0.2, -0.15) is 5.26 Å². The molecule has 0 N–H and O–H groups in total. The Kier molecular flexibility index (Phi) is 4.97. The van der Waals surface area contributed by atoms with Crippen molar-refractivity contribution in [1.29, 1.82) is 5.26 Å². The summed E-state index contributed by atoms with van der Waals surface area (Å²) in [5.74, 6) is 1.62. The maximum absolute atomic E-state index is 8.56. The van der Waals surface area contributed by atoms with Gasteiger partial charge in [0.05, 0.1) is 0 Å². The van der Waals surface area contributed by atoms with Gasteiger partial charge < -0.3 is 4.90 Å². The molecule has 0 amide bonds. The number of likely N-dealkylation sites (tertiary alicyclic amines) is 1. The molecule has 84 valence electrons. The molecule has 0 bridgehead atoms. The number of thioether (sulfide) groups is 1. The number of rotatable bonds is 1. The number of aliphatic imine (C=N–C) groups is 1. The molecule has 4 heteroatoms. The number of hydrogen-bond donors (Lipinski definition) is 0. The van der Waals surface area contributed by atoms with Gasteiger partial charge in [-0.3, -0.25) is 0 Å². The van der Waals surface area contributed by atoms with Crippen molar-refractivity contribution in [1.82, 2.24) is 4.90 Å². The smallest absolute Gasteiger partial charge is 0.208 e. The Hall–Kier alpha value is -0.690. The average Bonchev–Trinajstić information content (AvgIpc) is 2.26. The molecule has 0 aliphatic carbocycles. The highest BCUT2D eigenvalue weighted by Gasteiger charge is 2.23. The van der Waals surface area contributed by atoms with Crippen LogP contribution in [0.1, 0.15) is 26.7 Å². The lowest BCUT2D eigenvalue weighted by molar-refractivity contribution is 0.222. The molecule has 0 aromatic carbocycles. The largest absolute Gasteiger partial charge is 0.351 e. The maximum Gasteiger partial charge on any atom is 0.208 e. The van der Waals surface area contributed by atoms with E-state index in [1.807, 2.05) is 12.4 Å². The van der Waals surface area contributed by atoms with Crippen LogP contribution in [-0.4, -0.2) is 29.4 Å². The second-order valence-corrected chi connectivity index (χ2v) is 5.04. The molecule has 0 atom stereocenters. The predicted molar refractivity (Wildman–Crippen MR) is 65.7 cm³/mol. The summed E-state index contributed by atoms with van der Waals surface area (Å²) >= 11 is 1.56. The summed E-state index contributed by atoms with van der Waals surface area (Å²) in [5.41, 5.74) is 0. The highest BCUT2D eigenvalue weighted by molar-refractivity contribution is 8.13. The Bertz CT molecular complexity index is 259. The van der Waals surface area contributed by atoms with Gasteiger partial charge in [-0.05, 0) is 30.9 Å². The van der Waals surface area contributed by atoms with Crippen LogP contribution in [0, 0.1) is 23.3 Å². The quantitative estimate of drug-likeness (QED) is 0.391. The topological polar surface area (TPSA) is 39.4 Å². The van der Waals surface area contributed by atoms with Crippen LogP contribution in [0.2, 0.25) is 0 Å². The highest BCUT2D eigenvalue weighted by Crippen LogP contribution is 2.25. The van der Waals surface area contributed by atoms with Crippen LogP contribution < -0.4 is 0 Å². The first-order valence-corrected chi connectivity index (χ1v) is 6.67. The minimum Gasteiger partial charge on any atom is -0.351 e. The molecule has 3 nitrogen and oxygen atoms in total. The van der Waals surface area contributed by atoms with Crippen molar-refractivity contribution in [2.75, 3.05) is 19.3 Å². The highest BCUT2D eigenvalue weighted by atomic mass is 32.2. The molecular weight excluding hydrogens is 206 g/mol. The van der Waals surface area contributed by atoms with Crippen LogP contribution in [-0.2, 0) is 0 Å². The monoisotopic (exact) mass is 225 g/mol. The van der Waals surface area contributed by atoms with E-state index in [4.69, 9.17) is 5.26 Å². The van der Waals surface area contributed by atoms with E-state index in [-0.39, 0.29) is 0 Å². The third-order valence-electron chi connectivity index (χ3n) is 3.08. The van der Waals surface area contributed by atoms with Gasteiger partial charge in [-0.25, -0.2) is 0 Å². The molecular formula is C11H19N3S. The molecule has 0 aromatic heterocycles. The van der Waals surface area contributed by atoms with E-state index in [1.54, 1.807) is 11.8 Å². The Balaban J connectivity index is 2.50. The summed E-state index contributed by atoms with van der Waals surface area (Å²) in [6, 6.07) is 0. The van der Waals surface area contributed by atoms with E-state index >= 15 is 0 Å². The van der Waals surface area contributed by atoms with Crippen LogP contribution in [0.25, 0.3) is 0 Å². The number of hydrogen-bond acceptors (Lipinski definition) is 3. The van der Waals surface area contributed by atoms with Crippen molar-refractivity contribution >= 4 is 16.9 Å². The standard InChI is InChI=1S/C11H19N3S/c1-9(2)10-4-6-14(7-5-10)11(15-3)13-8-12/h9-10H,4-7H2,1-3H3. The molecule has 1 saturated heterocycles. The van der Waals surface area contributed by atoms with Crippen molar-refractivity contribution in [2.24, 2.45) is 16.8 Å². The summed E-state index contributed by atoms with van der Waals surface area (Å²) in [6.07, 6.45) is 6.30. The van der Waals surface area contributed by atoms with E-state index in [0.29, 0.717) is 0 Å². The molecule has 1 aliphatic heterocycles.